The van der Waals surface area contributed by atoms with Crippen LogP contribution >= 0.6 is 11.3 Å². The van der Waals surface area contributed by atoms with Gasteiger partial charge in [-0.2, -0.15) is 13.2 Å². The number of alkyl halides is 3. The maximum Gasteiger partial charge on any atom is 0.424 e. The van der Waals surface area contributed by atoms with E-state index in [4.69, 9.17) is 0 Å². The highest BCUT2D eigenvalue weighted by molar-refractivity contribution is 7.09. The van der Waals surface area contributed by atoms with E-state index in [0.29, 0.717) is 6.54 Å². The van der Waals surface area contributed by atoms with Crippen LogP contribution in [0.2, 0.25) is 0 Å². The van der Waals surface area contributed by atoms with Gasteiger partial charge in [0.15, 0.2) is 0 Å². The molecule has 0 aliphatic carbocycles. The highest BCUT2D eigenvalue weighted by Crippen LogP contribution is 2.40. The average molecular weight is 348 g/mol. The maximum atomic E-state index is 13.3. The second kappa shape index (κ2) is 6.98. The Morgan fingerprint density at radius 2 is 2.13 bits per heavy atom. The Morgan fingerprint density at radius 3 is 2.65 bits per heavy atom. The first kappa shape index (κ1) is 17.9. The van der Waals surface area contributed by atoms with E-state index < -0.39 is 24.0 Å². The summed E-state index contributed by atoms with van der Waals surface area (Å²) in [7, 11) is 1.42. The summed E-state index contributed by atoms with van der Waals surface area (Å²) in [6, 6.07) is 0. The quantitative estimate of drug-likeness (QED) is 0.754. The van der Waals surface area contributed by atoms with Gasteiger partial charge >= 0.3 is 6.18 Å². The molecule has 0 fully saturated rings. The molecule has 23 heavy (non-hydrogen) atoms. The smallest absolute Gasteiger partial charge is 0.374 e. The fourth-order valence-corrected chi connectivity index (χ4v) is 2.97. The summed E-state index contributed by atoms with van der Waals surface area (Å²) in [5.41, 5.74) is -2.19. The van der Waals surface area contributed by atoms with E-state index >= 15 is 0 Å². The van der Waals surface area contributed by atoms with Gasteiger partial charge in [-0.05, 0) is 13.0 Å². The highest BCUT2D eigenvalue weighted by atomic mass is 32.1. The Kier molecular flexibility index (Phi) is 5.43. The lowest BCUT2D eigenvalue weighted by molar-refractivity contribution is -0.272. The molecule has 2 rings (SSSR count). The van der Waals surface area contributed by atoms with Crippen molar-refractivity contribution in [3.63, 3.8) is 0 Å². The lowest BCUT2D eigenvalue weighted by atomic mass is 9.97. The van der Waals surface area contributed by atoms with Crippen LogP contribution in [0, 0.1) is 0 Å². The van der Waals surface area contributed by atoms with Crippen molar-refractivity contribution in [1.82, 2.24) is 19.9 Å². The minimum atomic E-state index is -4.80. The van der Waals surface area contributed by atoms with Crippen LogP contribution in [0.15, 0.2) is 17.8 Å². The van der Waals surface area contributed by atoms with Crippen LogP contribution in [0.1, 0.15) is 29.9 Å². The molecule has 128 valence electrons. The second-order valence-electron chi connectivity index (χ2n) is 5.23. The number of nitrogens with one attached hydrogen (secondary N) is 1. The SMILES string of the molecule is CCc1nc(CNCCC(O)(c2nccn2C)C(F)(F)F)cs1. The summed E-state index contributed by atoms with van der Waals surface area (Å²) in [4.78, 5) is 7.99. The fourth-order valence-electron chi connectivity index (χ4n) is 2.22. The third kappa shape index (κ3) is 3.91. The van der Waals surface area contributed by atoms with Crippen molar-refractivity contribution in [3.05, 3.63) is 34.3 Å². The second-order valence-corrected chi connectivity index (χ2v) is 6.18. The van der Waals surface area contributed by atoms with Gasteiger partial charge in [0, 0.05) is 37.8 Å². The molecule has 0 spiro atoms. The molecule has 5 nitrogen and oxygen atoms in total. The van der Waals surface area contributed by atoms with Gasteiger partial charge in [0.25, 0.3) is 0 Å². The van der Waals surface area contributed by atoms with Crippen LogP contribution in [-0.2, 0) is 25.6 Å². The van der Waals surface area contributed by atoms with Crippen molar-refractivity contribution in [2.75, 3.05) is 6.54 Å². The molecule has 0 saturated carbocycles. The van der Waals surface area contributed by atoms with Gasteiger partial charge < -0.3 is 15.0 Å². The standard InChI is InChI=1S/C14H19F3N4OS/c1-3-11-20-10(9-23-11)8-18-5-4-13(22,14(15,16)17)12-19-6-7-21(12)2/h6-7,9,18,22H,3-5,8H2,1-2H3. The molecule has 2 N–H and O–H groups in total. The van der Waals surface area contributed by atoms with Gasteiger partial charge in [0.1, 0.15) is 5.82 Å². The van der Waals surface area contributed by atoms with Gasteiger partial charge in [-0.1, -0.05) is 6.92 Å². The number of hydrogen-bond donors (Lipinski definition) is 2. The van der Waals surface area contributed by atoms with Gasteiger partial charge in [-0.25, -0.2) is 9.97 Å². The van der Waals surface area contributed by atoms with Crippen LogP contribution in [0.3, 0.4) is 0 Å². The average Bonchev–Trinajstić information content (AvgIpc) is 3.11. The molecule has 0 aliphatic rings. The van der Waals surface area contributed by atoms with Gasteiger partial charge in [-0.15, -0.1) is 11.3 Å². The third-order valence-electron chi connectivity index (χ3n) is 3.53. The number of halogens is 3. The maximum absolute atomic E-state index is 13.3. The zero-order chi connectivity index (χ0) is 17.1. The Hall–Kier alpha value is -1.45. The van der Waals surface area contributed by atoms with Crippen molar-refractivity contribution < 1.29 is 18.3 Å². The van der Waals surface area contributed by atoms with Crippen LogP contribution in [0.5, 0.6) is 0 Å². The first-order chi connectivity index (χ1) is 10.8. The summed E-state index contributed by atoms with van der Waals surface area (Å²) < 4.78 is 41.1. The Balaban J connectivity index is 1.98. The largest absolute Gasteiger partial charge is 0.424 e. The summed E-state index contributed by atoms with van der Waals surface area (Å²) in [6.45, 7) is 2.35. The van der Waals surface area contributed by atoms with E-state index in [2.05, 4.69) is 15.3 Å². The summed E-state index contributed by atoms with van der Waals surface area (Å²) in [5, 5.41) is 15.9. The summed E-state index contributed by atoms with van der Waals surface area (Å²) in [6.07, 6.45) is -1.88. The minimum absolute atomic E-state index is 0.0120. The molecular weight excluding hydrogens is 329 g/mol. The molecule has 2 aromatic heterocycles. The first-order valence-electron chi connectivity index (χ1n) is 7.19. The van der Waals surface area contributed by atoms with E-state index in [-0.39, 0.29) is 6.54 Å². The fraction of sp³-hybridized carbons (Fsp3) is 0.571. The number of nitrogens with zero attached hydrogens (tertiary/aromatic N) is 3. The Labute approximate surface area is 136 Å². The lowest BCUT2D eigenvalue weighted by Crippen LogP contribution is -2.46. The van der Waals surface area contributed by atoms with Crippen molar-refractivity contribution in [3.8, 4) is 0 Å². The number of rotatable bonds is 7. The molecule has 0 aliphatic heterocycles. The monoisotopic (exact) mass is 348 g/mol. The van der Waals surface area contributed by atoms with Gasteiger partial charge in [0.05, 0.1) is 10.7 Å². The Morgan fingerprint density at radius 1 is 1.39 bits per heavy atom. The molecule has 9 heteroatoms. The predicted molar refractivity (Wildman–Crippen MR) is 81.0 cm³/mol. The molecule has 1 atom stereocenters. The number of thiazole rings is 1. The zero-order valence-corrected chi connectivity index (χ0v) is 13.7. The van der Waals surface area contributed by atoms with Crippen LogP contribution in [0.25, 0.3) is 0 Å². The molecule has 0 saturated heterocycles. The first-order valence-corrected chi connectivity index (χ1v) is 8.06. The number of aryl methyl sites for hydroxylation is 2. The summed E-state index contributed by atoms with van der Waals surface area (Å²) in [5.74, 6) is -0.409. The normalized spacial score (nSPS) is 14.9. The van der Waals surface area contributed by atoms with Crippen LogP contribution < -0.4 is 5.32 Å². The van der Waals surface area contributed by atoms with Crippen molar-refractivity contribution >= 4 is 11.3 Å². The molecule has 0 amide bonds. The zero-order valence-electron chi connectivity index (χ0n) is 12.9. The van der Waals surface area contributed by atoms with Gasteiger partial charge in [0.2, 0.25) is 5.60 Å². The molecule has 0 radical (unpaired) electrons. The number of imidazole rings is 1. The minimum Gasteiger partial charge on any atom is -0.374 e. The van der Waals surface area contributed by atoms with Crippen LogP contribution in [-0.4, -0.2) is 32.4 Å². The summed E-state index contributed by atoms with van der Waals surface area (Å²) >= 11 is 1.52. The van der Waals surface area contributed by atoms with Gasteiger partial charge in [-0.3, -0.25) is 0 Å². The van der Waals surface area contributed by atoms with Crippen molar-refractivity contribution in [2.45, 2.75) is 38.1 Å². The molecule has 1 unspecified atom stereocenters. The van der Waals surface area contributed by atoms with Crippen LogP contribution in [0.4, 0.5) is 13.2 Å². The van der Waals surface area contributed by atoms with E-state index in [0.717, 1.165) is 17.1 Å². The van der Waals surface area contributed by atoms with E-state index in [1.54, 1.807) is 0 Å². The van der Waals surface area contributed by atoms with Crippen molar-refractivity contribution in [2.24, 2.45) is 7.05 Å². The number of hydrogen-bond acceptors (Lipinski definition) is 5. The Bertz CT molecular complexity index is 640. The topological polar surface area (TPSA) is 63.0 Å². The highest BCUT2D eigenvalue weighted by Gasteiger charge is 2.56. The third-order valence-corrected chi connectivity index (χ3v) is 4.57. The molecule has 0 bridgehead atoms. The number of aromatic nitrogens is 3. The van der Waals surface area contributed by atoms with E-state index in [1.807, 2.05) is 12.3 Å². The predicted octanol–water partition coefficient (Wildman–Crippen LogP) is 2.37. The lowest BCUT2D eigenvalue weighted by Gasteiger charge is -2.30. The molecular formula is C14H19F3N4OS. The van der Waals surface area contributed by atoms with Crippen molar-refractivity contribution in [1.29, 1.82) is 0 Å². The molecule has 0 aromatic carbocycles. The number of aliphatic hydroxyl groups is 1. The molecule has 2 heterocycles. The van der Waals surface area contributed by atoms with E-state index in [9.17, 15) is 18.3 Å². The van der Waals surface area contributed by atoms with E-state index in [1.165, 1.54) is 35.3 Å². The molecule has 2 aromatic rings.